The maximum atomic E-state index is 12.6. The first kappa shape index (κ1) is 19.9. The molecule has 1 N–H and O–H groups in total. The van der Waals surface area contributed by atoms with Gasteiger partial charge in [0.25, 0.3) is 5.91 Å². The van der Waals surface area contributed by atoms with E-state index in [0.29, 0.717) is 34.9 Å². The standard InChI is InChI=1S/C22H16ClN5O/c23-19-7-9-20(10-8-19)26-22(29)17(14-25)13-18-15-28(12-4-11-24)27-21(18)16-5-2-1-3-6-16/h1-3,5-10,13,15H,4,12H2,(H,26,29)/b17-13+. The average molecular weight is 402 g/mol. The molecule has 1 aromatic heterocycles. The number of carbonyl (C=O) groups is 1. The van der Waals surface area contributed by atoms with Gasteiger partial charge < -0.3 is 5.32 Å². The number of aryl methyl sites for hydroxylation is 1. The molecule has 2 aromatic carbocycles. The predicted octanol–water partition coefficient (Wildman–Crippen LogP) is 4.66. The van der Waals surface area contributed by atoms with Gasteiger partial charge in [0, 0.05) is 28.0 Å². The van der Waals surface area contributed by atoms with Crippen LogP contribution in [-0.2, 0) is 11.3 Å². The van der Waals surface area contributed by atoms with E-state index in [1.807, 2.05) is 36.4 Å². The molecule has 0 unspecified atom stereocenters. The summed E-state index contributed by atoms with van der Waals surface area (Å²) in [5.41, 5.74) is 2.59. The molecular formula is C22H16ClN5O. The van der Waals surface area contributed by atoms with Gasteiger partial charge >= 0.3 is 0 Å². The molecule has 0 aliphatic rings. The van der Waals surface area contributed by atoms with Crippen molar-refractivity contribution in [2.24, 2.45) is 0 Å². The Labute approximate surface area is 173 Å². The number of nitriles is 2. The quantitative estimate of drug-likeness (QED) is 0.480. The summed E-state index contributed by atoms with van der Waals surface area (Å²) in [7, 11) is 0. The van der Waals surface area contributed by atoms with Crippen LogP contribution in [0.4, 0.5) is 5.69 Å². The number of halogens is 1. The van der Waals surface area contributed by atoms with Crippen LogP contribution in [0, 0.1) is 22.7 Å². The second-order valence-corrected chi connectivity index (χ2v) is 6.54. The van der Waals surface area contributed by atoms with Crippen molar-refractivity contribution in [1.29, 1.82) is 10.5 Å². The monoisotopic (exact) mass is 401 g/mol. The first-order valence-corrected chi connectivity index (χ1v) is 9.17. The number of nitrogens with zero attached hydrogens (tertiary/aromatic N) is 4. The van der Waals surface area contributed by atoms with Gasteiger partial charge in [0.1, 0.15) is 11.6 Å². The van der Waals surface area contributed by atoms with E-state index in [1.54, 1.807) is 35.1 Å². The van der Waals surface area contributed by atoms with E-state index in [9.17, 15) is 10.1 Å². The highest BCUT2D eigenvalue weighted by Crippen LogP contribution is 2.24. The Morgan fingerprint density at radius 2 is 1.86 bits per heavy atom. The summed E-state index contributed by atoms with van der Waals surface area (Å²) in [5.74, 6) is -0.529. The maximum absolute atomic E-state index is 12.6. The van der Waals surface area contributed by atoms with Gasteiger partial charge in [-0.2, -0.15) is 15.6 Å². The van der Waals surface area contributed by atoms with Crippen molar-refractivity contribution in [3.05, 3.63) is 77.0 Å². The summed E-state index contributed by atoms with van der Waals surface area (Å²) < 4.78 is 1.64. The summed E-state index contributed by atoms with van der Waals surface area (Å²) in [6.45, 7) is 0.420. The van der Waals surface area contributed by atoms with Gasteiger partial charge in [-0.1, -0.05) is 41.9 Å². The molecule has 6 nitrogen and oxygen atoms in total. The lowest BCUT2D eigenvalue weighted by molar-refractivity contribution is -0.112. The van der Waals surface area contributed by atoms with Crippen LogP contribution in [-0.4, -0.2) is 15.7 Å². The van der Waals surface area contributed by atoms with E-state index in [4.69, 9.17) is 16.9 Å². The Bertz CT molecular complexity index is 1120. The van der Waals surface area contributed by atoms with E-state index in [-0.39, 0.29) is 5.57 Å². The Hall–Kier alpha value is -3.87. The Morgan fingerprint density at radius 3 is 2.52 bits per heavy atom. The molecule has 0 aliphatic carbocycles. The van der Waals surface area contributed by atoms with Gasteiger partial charge in [0.2, 0.25) is 0 Å². The molecule has 0 radical (unpaired) electrons. The molecule has 0 spiro atoms. The third-order valence-corrected chi connectivity index (χ3v) is 4.31. The van der Waals surface area contributed by atoms with E-state index >= 15 is 0 Å². The fourth-order valence-electron chi connectivity index (χ4n) is 2.68. The zero-order valence-corrected chi connectivity index (χ0v) is 16.1. The third-order valence-electron chi connectivity index (χ3n) is 4.06. The van der Waals surface area contributed by atoms with Crippen molar-refractivity contribution in [1.82, 2.24) is 9.78 Å². The number of anilines is 1. The van der Waals surface area contributed by atoms with Crippen LogP contribution >= 0.6 is 11.6 Å². The molecule has 0 saturated heterocycles. The fourth-order valence-corrected chi connectivity index (χ4v) is 2.80. The van der Waals surface area contributed by atoms with Gasteiger partial charge in [0.15, 0.2) is 0 Å². The number of rotatable bonds is 6. The minimum Gasteiger partial charge on any atom is -0.321 e. The lowest BCUT2D eigenvalue weighted by atomic mass is 10.1. The van der Waals surface area contributed by atoms with Gasteiger partial charge in [0.05, 0.1) is 24.7 Å². The number of hydrogen-bond donors (Lipinski definition) is 1. The highest BCUT2D eigenvalue weighted by Gasteiger charge is 2.14. The summed E-state index contributed by atoms with van der Waals surface area (Å²) in [5, 5.41) is 26.1. The third kappa shape index (κ3) is 5.10. The minimum atomic E-state index is -0.529. The molecule has 0 fully saturated rings. The highest BCUT2D eigenvalue weighted by atomic mass is 35.5. The molecule has 3 aromatic rings. The summed E-state index contributed by atoms with van der Waals surface area (Å²) in [4.78, 5) is 12.6. The van der Waals surface area contributed by atoms with Crippen molar-refractivity contribution in [2.75, 3.05) is 5.32 Å². The number of hydrogen-bond acceptors (Lipinski definition) is 4. The number of carbonyl (C=O) groups excluding carboxylic acids is 1. The van der Waals surface area contributed by atoms with E-state index in [1.165, 1.54) is 6.08 Å². The summed E-state index contributed by atoms with van der Waals surface area (Å²) in [6.07, 6.45) is 3.54. The van der Waals surface area contributed by atoms with E-state index < -0.39 is 5.91 Å². The van der Waals surface area contributed by atoms with Crippen LogP contribution in [0.2, 0.25) is 5.02 Å². The van der Waals surface area contributed by atoms with Crippen LogP contribution in [0.15, 0.2) is 66.4 Å². The van der Waals surface area contributed by atoms with Crippen molar-refractivity contribution >= 4 is 29.3 Å². The first-order chi connectivity index (χ1) is 14.1. The molecule has 0 bridgehead atoms. The normalized spacial score (nSPS) is 10.8. The number of nitrogens with one attached hydrogen (secondary N) is 1. The van der Waals surface area contributed by atoms with Crippen molar-refractivity contribution in [2.45, 2.75) is 13.0 Å². The Balaban J connectivity index is 1.94. The van der Waals surface area contributed by atoms with Crippen LogP contribution in [0.1, 0.15) is 12.0 Å². The zero-order valence-electron chi connectivity index (χ0n) is 15.3. The Morgan fingerprint density at radius 1 is 1.14 bits per heavy atom. The molecule has 0 aliphatic heterocycles. The van der Waals surface area contributed by atoms with Gasteiger partial charge in [-0.25, -0.2) is 0 Å². The topological polar surface area (TPSA) is 94.5 Å². The second kappa shape index (κ2) is 9.36. The van der Waals surface area contributed by atoms with Crippen LogP contribution in [0.25, 0.3) is 17.3 Å². The van der Waals surface area contributed by atoms with Crippen LogP contribution in [0.5, 0.6) is 0 Å². The fraction of sp³-hybridized carbons (Fsp3) is 0.0909. The molecule has 3 rings (SSSR count). The van der Waals surface area contributed by atoms with E-state index in [0.717, 1.165) is 5.56 Å². The van der Waals surface area contributed by atoms with Gasteiger partial charge in [-0.15, -0.1) is 0 Å². The molecule has 7 heteroatoms. The number of aromatic nitrogens is 2. The van der Waals surface area contributed by atoms with E-state index in [2.05, 4.69) is 16.5 Å². The lowest BCUT2D eigenvalue weighted by Gasteiger charge is -2.04. The largest absolute Gasteiger partial charge is 0.321 e. The first-order valence-electron chi connectivity index (χ1n) is 8.79. The zero-order chi connectivity index (χ0) is 20.6. The molecule has 1 amide bonds. The van der Waals surface area contributed by atoms with Crippen molar-refractivity contribution in [3.8, 4) is 23.4 Å². The number of amides is 1. The summed E-state index contributed by atoms with van der Waals surface area (Å²) >= 11 is 5.85. The van der Waals surface area contributed by atoms with Crippen LogP contribution < -0.4 is 5.32 Å². The molecular weight excluding hydrogens is 386 g/mol. The Kier molecular flexibility index (Phi) is 6.42. The second-order valence-electron chi connectivity index (χ2n) is 6.10. The predicted molar refractivity (Wildman–Crippen MR) is 112 cm³/mol. The van der Waals surface area contributed by atoms with Crippen molar-refractivity contribution < 1.29 is 4.79 Å². The molecule has 0 saturated carbocycles. The molecule has 142 valence electrons. The molecule has 29 heavy (non-hydrogen) atoms. The SMILES string of the molecule is N#CCCn1cc(/C=C(\C#N)C(=O)Nc2ccc(Cl)cc2)c(-c2ccccc2)n1. The minimum absolute atomic E-state index is 0.0584. The molecule has 0 atom stereocenters. The van der Waals surface area contributed by atoms with Gasteiger partial charge in [-0.05, 0) is 30.3 Å². The highest BCUT2D eigenvalue weighted by molar-refractivity contribution is 6.30. The average Bonchev–Trinajstić information content (AvgIpc) is 3.15. The van der Waals surface area contributed by atoms with Gasteiger partial charge in [-0.3, -0.25) is 9.48 Å². The maximum Gasteiger partial charge on any atom is 0.266 e. The smallest absolute Gasteiger partial charge is 0.266 e. The molecule has 1 heterocycles. The van der Waals surface area contributed by atoms with Crippen molar-refractivity contribution in [3.63, 3.8) is 0 Å². The van der Waals surface area contributed by atoms with Crippen LogP contribution in [0.3, 0.4) is 0 Å². The lowest BCUT2D eigenvalue weighted by Crippen LogP contribution is -2.13. The summed E-state index contributed by atoms with van der Waals surface area (Å²) in [6, 6.07) is 20.1. The number of benzene rings is 2.